The number of methoxy groups -OCH3 is 1. The number of benzene rings is 2. The fraction of sp³-hybridized carbons (Fsp3) is 0.400. The molecule has 0 aliphatic carbocycles. The summed E-state index contributed by atoms with van der Waals surface area (Å²) in [7, 11) is 1.07. The van der Waals surface area contributed by atoms with Gasteiger partial charge in [-0.05, 0) is 45.3 Å². The second-order valence-electron chi connectivity index (χ2n) is 9.15. The van der Waals surface area contributed by atoms with Crippen molar-refractivity contribution < 1.29 is 28.0 Å². The molecule has 1 saturated heterocycles. The lowest BCUT2D eigenvalue weighted by molar-refractivity contribution is -0.122. The van der Waals surface area contributed by atoms with E-state index in [0.29, 0.717) is 12.4 Å². The molecule has 0 saturated carbocycles. The average molecular weight is 436 g/mol. The monoisotopic (exact) mass is 436 g/mol. The summed E-state index contributed by atoms with van der Waals surface area (Å²) in [6, 6.07) is 13.5. The normalized spacial score (nSPS) is 17.1. The van der Waals surface area contributed by atoms with E-state index in [1.165, 1.54) is 7.11 Å². The first-order chi connectivity index (χ1) is 15.2. The summed E-state index contributed by atoms with van der Waals surface area (Å²) in [4.78, 5) is 12.0. The van der Waals surface area contributed by atoms with Crippen molar-refractivity contribution in [2.75, 3.05) is 13.7 Å². The number of ether oxygens (including phenoxy) is 2. The van der Waals surface area contributed by atoms with Crippen LogP contribution in [0.5, 0.6) is 5.75 Å². The van der Waals surface area contributed by atoms with Crippen LogP contribution in [0.1, 0.15) is 38.8 Å². The standard InChI is InChI=1S/C25H29BO6/c1-24(2)25(3,4)32-26(31-24)19-10-11-23-21(13-19)18(15-30-23)14-29-22-9-7-6-8-17(22)12-20(27)16-28-5/h6-11,13,15H,12,14,16H2,1-5H3. The van der Waals surface area contributed by atoms with Crippen molar-refractivity contribution in [3.05, 3.63) is 59.9 Å². The summed E-state index contributed by atoms with van der Waals surface area (Å²) in [6.45, 7) is 8.56. The van der Waals surface area contributed by atoms with E-state index in [-0.39, 0.29) is 18.8 Å². The molecule has 32 heavy (non-hydrogen) atoms. The molecule has 0 N–H and O–H groups in total. The van der Waals surface area contributed by atoms with Crippen LogP contribution in [0.15, 0.2) is 53.1 Å². The van der Waals surface area contributed by atoms with Crippen LogP contribution in [0.4, 0.5) is 0 Å². The van der Waals surface area contributed by atoms with Gasteiger partial charge in [0.2, 0.25) is 0 Å². The van der Waals surface area contributed by atoms with Crippen LogP contribution < -0.4 is 10.2 Å². The third kappa shape index (κ3) is 4.46. The van der Waals surface area contributed by atoms with E-state index in [1.807, 2.05) is 70.2 Å². The number of furan rings is 1. The zero-order chi connectivity index (χ0) is 22.9. The summed E-state index contributed by atoms with van der Waals surface area (Å²) < 4.78 is 29.1. The second kappa shape index (κ2) is 8.73. The fourth-order valence-corrected chi connectivity index (χ4v) is 3.71. The molecule has 1 aliphatic rings. The zero-order valence-electron chi connectivity index (χ0n) is 19.3. The number of carbonyl (C=O) groups is 1. The van der Waals surface area contributed by atoms with Gasteiger partial charge in [0, 0.05) is 30.0 Å². The van der Waals surface area contributed by atoms with Gasteiger partial charge in [-0.2, -0.15) is 0 Å². The Morgan fingerprint density at radius 3 is 2.44 bits per heavy atom. The predicted octanol–water partition coefficient (Wildman–Crippen LogP) is 4.07. The van der Waals surface area contributed by atoms with Crippen LogP contribution in [0.2, 0.25) is 0 Å². The van der Waals surface area contributed by atoms with Crippen LogP contribution >= 0.6 is 0 Å². The number of Topliss-reactive ketones (excluding diaryl/α,β-unsaturated/α-hetero) is 1. The Bertz CT molecular complexity index is 1100. The molecule has 6 nitrogen and oxygen atoms in total. The van der Waals surface area contributed by atoms with Gasteiger partial charge in [0.1, 0.15) is 24.5 Å². The predicted molar refractivity (Wildman–Crippen MR) is 123 cm³/mol. The molecule has 1 aromatic heterocycles. The Balaban J connectivity index is 1.53. The van der Waals surface area contributed by atoms with Gasteiger partial charge in [-0.15, -0.1) is 0 Å². The Hall–Kier alpha value is -2.61. The van der Waals surface area contributed by atoms with E-state index in [0.717, 1.165) is 27.6 Å². The Kier molecular flexibility index (Phi) is 6.16. The van der Waals surface area contributed by atoms with Crippen molar-refractivity contribution in [3.8, 4) is 5.75 Å². The Morgan fingerprint density at radius 2 is 1.72 bits per heavy atom. The summed E-state index contributed by atoms with van der Waals surface area (Å²) in [5.74, 6) is 0.679. The van der Waals surface area contributed by atoms with Crippen molar-refractivity contribution in [2.45, 2.75) is 51.9 Å². The van der Waals surface area contributed by atoms with E-state index in [9.17, 15) is 4.79 Å². The van der Waals surface area contributed by atoms with E-state index < -0.39 is 18.3 Å². The molecule has 1 aliphatic heterocycles. The summed E-state index contributed by atoms with van der Waals surface area (Å²) in [5, 5.41) is 0.949. The van der Waals surface area contributed by atoms with E-state index in [2.05, 4.69) is 0 Å². The molecule has 2 heterocycles. The van der Waals surface area contributed by atoms with Crippen molar-refractivity contribution >= 4 is 29.3 Å². The number of rotatable bonds is 8. The maximum absolute atomic E-state index is 12.0. The number of fused-ring (bicyclic) bond motifs is 1. The molecule has 0 unspecified atom stereocenters. The van der Waals surface area contributed by atoms with Crippen LogP contribution in [0.25, 0.3) is 11.0 Å². The molecule has 0 radical (unpaired) electrons. The SMILES string of the molecule is COCC(=O)Cc1ccccc1OCc1coc2ccc(B3OC(C)(C)C(C)(C)O3)cc12. The van der Waals surface area contributed by atoms with Crippen LogP contribution in [-0.4, -0.2) is 37.8 Å². The van der Waals surface area contributed by atoms with Crippen molar-refractivity contribution in [3.63, 3.8) is 0 Å². The maximum atomic E-state index is 12.0. The quantitative estimate of drug-likeness (QED) is 0.496. The first-order valence-corrected chi connectivity index (χ1v) is 10.8. The molecule has 4 rings (SSSR count). The van der Waals surface area contributed by atoms with Crippen LogP contribution in [0, 0.1) is 0 Å². The van der Waals surface area contributed by atoms with Gasteiger partial charge in [0.15, 0.2) is 5.78 Å². The van der Waals surface area contributed by atoms with Crippen LogP contribution in [-0.2, 0) is 31.9 Å². The summed E-state index contributed by atoms with van der Waals surface area (Å²) in [5.41, 5.74) is 2.64. The van der Waals surface area contributed by atoms with Crippen molar-refractivity contribution in [1.82, 2.24) is 0 Å². The minimum atomic E-state index is -0.444. The van der Waals surface area contributed by atoms with Crippen LogP contribution in [0.3, 0.4) is 0 Å². The molecule has 2 aromatic carbocycles. The lowest BCUT2D eigenvalue weighted by atomic mass is 9.78. The Morgan fingerprint density at radius 1 is 1.00 bits per heavy atom. The van der Waals surface area contributed by atoms with Gasteiger partial charge in [-0.1, -0.05) is 30.3 Å². The van der Waals surface area contributed by atoms with Crippen molar-refractivity contribution in [2.24, 2.45) is 0 Å². The molecule has 1 fully saturated rings. The Labute approximate surface area is 188 Å². The number of para-hydroxylation sites is 1. The summed E-state index contributed by atoms with van der Waals surface area (Å²) >= 11 is 0. The molecule has 0 spiro atoms. The minimum Gasteiger partial charge on any atom is -0.488 e. The minimum absolute atomic E-state index is 0.00404. The smallest absolute Gasteiger partial charge is 0.488 e. The molecule has 168 valence electrons. The van der Waals surface area contributed by atoms with E-state index in [1.54, 1.807) is 6.26 Å². The highest BCUT2D eigenvalue weighted by Crippen LogP contribution is 2.36. The van der Waals surface area contributed by atoms with E-state index in [4.69, 9.17) is 23.2 Å². The molecule has 0 bridgehead atoms. The average Bonchev–Trinajstić information content (AvgIpc) is 3.24. The van der Waals surface area contributed by atoms with Gasteiger partial charge in [-0.25, -0.2) is 0 Å². The van der Waals surface area contributed by atoms with E-state index >= 15 is 0 Å². The molecular formula is C25H29BO6. The topological polar surface area (TPSA) is 67.1 Å². The van der Waals surface area contributed by atoms with Gasteiger partial charge in [0.25, 0.3) is 0 Å². The van der Waals surface area contributed by atoms with Gasteiger partial charge in [-0.3, -0.25) is 4.79 Å². The number of hydrogen-bond donors (Lipinski definition) is 0. The zero-order valence-corrected chi connectivity index (χ0v) is 19.3. The number of ketones is 1. The lowest BCUT2D eigenvalue weighted by Crippen LogP contribution is -2.41. The molecule has 0 amide bonds. The maximum Gasteiger partial charge on any atom is 0.494 e. The largest absolute Gasteiger partial charge is 0.494 e. The molecular weight excluding hydrogens is 407 g/mol. The highest BCUT2D eigenvalue weighted by atomic mass is 16.7. The summed E-state index contributed by atoms with van der Waals surface area (Å²) in [6.07, 6.45) is 1.97. The third-order valence-corrected chi connectivity index (χ3v) is 6.25. The highest BCUT2D eigenvalue weighted by molar-refractivity contribution is 6.62. The first kappa shape index (κ1) is 22.6. The lowest BCUT2D eigenvalue weighted by Gasteiger charge is -2.32. The number of carbonyl (C=O) groups excluding carboxylic acids is 1. The number of hydrogen-bond acceptors (Lipinski definition) is 6. The first-order valence-electron chi connectivity index (χ1n) is 10.8. The third-order valence-electron chi connectivity index (χ3n) is 6.25. The highest BCUT2D eigenvalue weighted by Gasteiger charge is 2.51. The molecule has 3 aromatic rings. The molecule has 7 heteroatoms. The van der Waals surface area contributed by atoms with Gasteiger partial charge in [0.05, 0.1) is 17.5 Å². The fourth-order valence-electron chi connectivity index (χ4n) is 3.71. The second-order valence-corrected chi connectivity index (χ2v) is 9.15. The van der Waals surface area contributed by atoms with Crippen molar-refractivity contribution in [1.29, 1.82) is 0 Å². The van der Waals surface area contributed by atoms with Gasteiger partial charge >= 0.3 is 7.12 Å². The van der Waals surface area contributed by atoms with Gasteiger partial charge < -0.3 is 23.2 Å². The molecule has 0 atom stereocenters.